The second kappa shape index (κ2) is 5.94. The van der Waals surface area contributed by atoms with Gasteiger partial charge in [-0.15, -0.1) is 10.2 Å². The topological polar surface area (TPSA) is 98.7 Å². The molecule has 0 aliphatic rings. The zero-order chi connectivity index (χ0) is 15.9. The Bertz CT molecular complexity index is 922. The highest BCUT2D eigenvalue weighted by molar-refractivity contribution is 9.11. The molecule has 3 rings (SSSR count). The quantitative estimate of drug-likeness (QED) is 0.642. The summed E-state index contributed by atoms with van der Waals surface area (Å²) in [7, 11) is 0. The van der Waals surface area contributed by atoms with Crippen LogP contribution in [0.4, 0.5) is 5.13 Å². The summed E-state index contributed by atoms with van der Waals surface area (Å²) in [5, 5.41) is 9.25. The van der Waals surface area contributed by atoms with Crippen LogP contribution < -0.4 is 16.7 Å². The molecule has 0 aliphatic carbocycles. The van der Waals surface area contributed by atoms with E-state index in [4.69, 9.17) is 5.73 Å². The molecule has 0 saturated heterocycles. The Morgan fingerprint density at radius 1 is 1.36 bits per heavy atom. The lowest BCUT2D eigenvalue weighted by Crippen LogP contribution is -2.31. The Hall–Kier alpha value is -1.52. The normalized spacial score (nSPS) is 11.0. The van der Waals surface area contributed by atoms with Gasteiger partial charge in [-0.3, -0.25) is 4.79 Å². The van der Waals surface area contributed by atoms with Gasteiger partial charge in [-0.1, -0.05) is 27.3 Å². The average Bonchev–Trinajstić information content (AvgIpc) is 2.86. The Balaban J connectivity index is 2.04. The lowest BCUT2D eigenvalue weighted by molar-refractivity contribution is 0.748. The average molecular weight is 446 g/mol. The molecule has 1 aromatic carbocycles. The van der Waals surface area contributed by atoms with Gasteiger partial charge in [-0.25, -0.2) is 9.66 Å². The molecule has 0 radical (unpaired) electrons. The van der Waals surface area contributed by atoms with Crippen LogP contribution in [0.5, 0.6) is 0 Å². The lowest BCUT2D eigenvalue weighted by atomic mass is 10.2. The Kier molecular flexibility index (Phi) is 4.15. The van der Waals surface area contributed by atoms with Crippen molar-refractivity contribution < 1.29 is 0 Å². The molecule has 3 N–H and O–H groups in total. The summed E-state index contributed by atoms with van der Waals surface area (Å²) in [6.45, 7) is 2.11. The van der Waals surface area contributed by atoms with Crippen molar-refractivity contribution in [3.8, 4) is 0 Å². The Morgan fingerprint density at radius 2 is 2.14 bits per heavy atom. The Labute approximate surface area is 145 Å². The summed E-state index contributed by atoms with van der Waals surface area (Å²) in [6, 6.07) is 3.60. The fourth-order valence-corrected chi connectivity index (χ4v) is 3.85. The minimum absolute atomic E-state index is 0.179. The number of nitrogens with one attached hydrogen (secondary N) is 1. The van der Waals surface area contributed by atoms with Crippen LogP contribution in [0.25, 0.3) is 10.9 Å². The van der Waals surface area contributed by atoms with Gasteiger partial charge in [-0.2, -0.15) is 0 Å². The van der Waals surface area contributed by atoms with Crippen LogP contribution in [-0.4, -0.2) is 19.9 Å². The maximum absolute atomic E-state index is 12.6. The molecule has 22 heavy (non-hydrogen) atoms. The molecule has 0 fully saturated rings. The van der Waals surface area contributed by atoms with Crippen LogP contribution >= 0.6 is 43.2 Å². The zero-order valence-electron chi connectivity index (χ0n) is 11.3. The molecule has 0 aliphatic heterocycles. The molecule has 3 aromatic rings. The van der Waals surface area contributed by atoms with E-state index in [0.717, 1.165) is 8.95 Å². The van der Waals surface area contributed by atoms with Crippen LogP contribution in [0.15, 0.2) is 25.9 Å². The first-order chi connectivity index (χ1) is 10.5. The van der Waals surface area contributed by atoms with Gasteiger partial charge in [0, 0.05) is 8.95 Å². The van der Waals surface area contributed by atoms with Gasteiger partial charge in [0.25, 0.3) is 5.56 Å². The first-order valence-corrected chi connectivity index (χ1v) is 8.56. The predicted molar refractivity (Wildman–Crippen MR) is 93.5 cm³/mol. The van der Waals surface area contributed by atoms with E-state index in [0.29, 0.717) is 33.4 Å². The highest BCUT2D eigenvalue weighted by atomic mass is 79.9. The van der Waals surface area contributed by atoms with E-state index < -0.39 is 0 Å². The first-order valence-electron chi connectivity index (χ1n) is 6.16. The van der Waals surface area contributed by atoms with Crippen molar-refractivity contribution in [2.45, 2.75) is 13.5 Å². The summed E-state index contributed by atoms with van der Waals surface area (Å²) in [5.74, 6) is 0.554. The third-order valence-electron chi connectivity index (χ3n) is 2.93. The number of aromatic nitrogens is 4. The van der Waals surface area contributed by atoms with Gasteiger partial charge in [0.2, 0.25) is 5.13 Å². The van der Waals surface area contributed by atoms with Crippen LogP contribution in [0.2, 0.25) is 0 Å². The standard InChI is InChI=1S/C12H10Br2N6OS/c1-5-17-10-7(2-6(13)3-8(10)14)11(21)20(5)16-4-9-18-19-12(15)22-9/h2-3,16H,4H2,1H3,(H2,15,19). The van der Waals surface area contributed by atoms with E-state index in [1.165, 1.54) is 16.0 Å². The van der Waals surface area contributed by atoms with Gasteiger partial charge in [0.15, 0.2) is 0 Å². The fourth-order valence-electron chi connectivity index (χ4n) is 1.99. The van der Waals surface area contributed by atoms with Gasteiger partial charge in [0.05, 0.1) is 17.4 Å². The number of benzene rings is 1. The number of halogens is 2. The molecular weight excluding hydrogens is 436 g/mol. The number of nitrogens with zero attached hydrogens (tertiary/aromatic N) is 4. The van der Waals surface area contributed by atoms with Crippen LogP contribution in [-0.2, 0) is 6.54 Å². The lowest BCUT2D eigenvalue weighted by Gasteiger charge is -2.12. The third-order valence-corrected chi connectivity index (χ3v) is 4.74. The molecule has 0 saturated carbocycles. The molecule has 0 atom stereocenters. The van der Waals surface area contributed by atoms with Crippen molar-refractivity contribution in [3.63, 3.8) is 0 Å². The fraction of sp³-hybridized carbons (Fsp3) is 0.167. The third kappa shape index (κ3) is 2.85. The van der Waals surface area contributed by atoms with Crippen molar-refractivity contribution in [2.24, 2.45) is 0 Å². The number of aryl methyl sites for hydroxylation is 1. The van der Waals surface area contributed by atoms with Crippen molar-refractivity contribution in [1.29, 1.82) is 0 Å². The van der Waals surface area contributed by atoms with E-state index in [1.54, 1.807) is 13.0 Å². The number of nitrogens with two attached hydrogens (primary N) is 1. The van der Waals surface area contributed by atoms with E-state index in [1.807, 2.05) is 6.07 Å². The number of nitrogen functional groups attached to an aromatic ring is 1. The Morgan fingerprint density at radius 3 is 2.82 bits per heavy atom. The smallest absolute Gasteiger partial charge is 0.280 e. The zero-order valence-corrected chi connectivity index (χ0v) is 15.3. The molecule has 2 aromatic heterocycles. The van der Waals surface area contributed by atoms with Crippen LogP contribution in [0, 0.1) is 6.92 Å². The second-order valence-electron chi connectivity index (χ2n) is 4.45. The minimum atomic E-state index is -0.179. The maximum atomic E-state index is 12.6. The van der Waals surface area contributed by atoms with Crippen molar-refractivity contribution in [2.75, 3.05) is 11.2 Å². The predicted octanol–water partition coefficient (Wildman–Crippen LogP) is 2.41. The molecule has 0 amide bonds. The van der Waals surface area contributed by atoms with Crippen molar-refractivity contribution in [1.82, 2.24) is 19.9 Å². The number of fused-ring (bicyclic) bond motifs is 1. The minimum Gasteiger partial charge on any atom is -0.374 e. The molecular formula is C12H10Br2N6OS. The summed E-state index contributed by atoms with van der Waals surface area (Å²) in [6.07, 6.45) is 0. The SMILES string of the molecule is Cc1nc2c(Br)cc(Br)cc2c(=O)n1NCc1nnc(N)s1. The van der Waals surface area contributed by atoms with Gasteiger partial charge < -0.3 is 11.2 Å². The highest BCUT2D eigenvalue weighted by Gasteiger charge is 2.12. The molecule has 10 heteroatoms. The summed E-state index contributed by atoms with van der Waals surface area (Å²) >= 11 is 8.08. The van der Waals surface area contributed by atoms with Gasteiger partial charge in [-0.05, 0) is 35.0 Å². The highest BCUT2D eigenvalue weighted by Crippen LogP contribution is 2.25. The summed E-state index contributed by atoms with van der Waals surface area (Å²) < 4.78 is 2.97. The van der Waals surface area contributed by atoms with Crippen molar-refractivity contribution in [3.05, 3.63) is 42.3 Å². The summed E-state index contributed by atoms with van der Waals surface area (Å²) in [5.41, 5.74) is 9.00. The molecule has 0 unspecified atom stereocenters. The second-order valence-corrected chi connectivity index (χ2v) is 7.32. The number of rotatable bonds is 3. The maximum Gasteiger partial charge on any atom is 0.280 e. The molecule has 2 heterocycles. The van der Waals surface area contributed by atoms with Crippen LogP contribution in [0.3, 0.4) is 0 Å². The van der Waals surface area contributed by atoms with E-state index in [-0.39, 0.29) is 5.56 Å². The summed E-state index contributed by atoms with van der Waals surface area (Å²) in [4.78, 5) is 17.1. The van der Waals surface area contributed by atoms with E-state index in [2.05, 4.69) is 52.5 Å². The van der Waals surface area contributed by atoms with Gasteiger partial charge in [0.1, 0.15) is 10.8 Å². The first kappa shape index (κ1) is 15.4. The van der Waals surface area contributed by atoms with E-state index in [9.17, 15) is 4.79 Å². The molecule has 7 nitrogen and oxygen atoms in total. The van der Waals surface area contributed by atoms with Crippen LogP contribution in [0.1, 0.15) is 10.8 Å². The van der Waals surface area contributed by atoms with E-state index >= 15 is 0 Å². The molecule has 0 spiro atoms. The molecule has 114 valence electrons. The largest absolute Gasteiger partial charge is 0.374 e. The number of hydrogen-bond donors (Lipinski definition) is 2. The van der Waals surface area contributed by atoms with Gasteiger partial charge >= 0.3 is 0 Å². The number of anilines is 1. The molecule has 0 bridgehead atoms. The number of hydrogen-bond acceptors (Lipinski definition) is 7. The monoisotopic (exact) mass is 444 g/mol. The van der Waals surface area contributed by atoms with Crippen molar-refractivity contribution >= 4 is 59.2 Å².